The molecule has 2 rings (SSSR count). The van der Waals surface area contributed by atoms with Gasteiger partial charge in [-0.05, 0) is 43.7 Å². The average molecular weight is 233 g/mol. The molecule has 2 heterocycles. The third-order valence-electron chi connectivity index (χ3n) is 2.84. The summed E-state index contributed by atoms with van der Waals surface area (Å²) in [5, 5.41) is 3.50. The normalized spacial score (nSPS) is 12.8. The summed E-state index contributed by atoms with van der Waals surface area (Å²) in [7, 11) is 0. The van der Waals surface area contributed by atoms with Gasteiger partial charge in [0, 0.05) is 6.42 Å². The first-order chi connectivity index (χ1) is 8.31. The fourth-order valence-electron chi connectivity index (χ4n) is 1.95. The lowest BCUT2D eigenvalue weighted by molar-refractivity contribution is 0.383. The molecule has 2 aromatic heterocycles. The fourth-order valence-corrected chi connectivity index (χ4v) is 1.95. The second-order valence-electron chi connectivity index (χ2n) is 4.26. The molecule has 1 N–H and O–H groups in total. The molecule has 3 heteroatoms. The molecule has 0 spiro atoms. The summed E-state index contributed by atoms with van der Waals surface area (Å²) >= 11 is 0. The summed E-state index contributed by atoms with van der Waals surface area (Å²) in [6.07, 6.45) is 5.38. The van der Waals surface area contributed by atoms with E-state index in [0.717, 1.165) is 30.9 Å². The van der Waals surface area contributed by atoms with Gasteiger partial charge in [0.1, 0.15) is 11.5 Å². The van der Waals surface area contributed by atoms with Crippen LogP contribution in [0, 0.1) is 6.92 Å². The first kappa shape index (κ1) is 12.0. The van der Waals surface area contributed by atoms with Gasteiger partial charge in [0.15, 0.2) is 0 Å². The Bertz CT molecular complexity index is 431. The van der Waals surface area contributed by atoms with Crippen molar-refractivity contribution >= 4 is 0 Å². The van der Waals surface area contributed by atoms with Gasteiger partial charge < -0.3 is 14.2 Å². The fraction of sp³-hybridized carbons (Fsp3) is 0.429. The molecule has 0 saturated heterocycles. The Balaban J connectivity index is 2.11. The minimum absolute atomic E-state index is 0.191. The predicted molar refractivity (Wildman–Crippen MR) is 66.9 cm³/mol. The van der Waals surface area contributed by atoms with Crippen LogP contribution < -0.4 is 5.32 Å². The van der Waals surface area contributed by atoms with Gasteiger partial charge in [-0.1, -0.05) is 6.92 Å². The van der Waals surface area contributed by atoms with E-state index in [-0.39, 0.29) is 6.04 Å². The largest absolute Gasteiger partial charge is 0.469 e. The molecule has 0 saturated carbocycles. The highest BCUT2D eigenvalue weighted by Crippen LogP contribution is 2.22. The third kappa shape index (κ3) is 3.01. The van der Waals surface area contributed by atoms with Crippen molar-refractivity contribution in [3.8, 4) is 0 Å². The Morgan fingerprint density at radius 3 is 2.71 bits per heavy atom. The summed E-state index contributed by atoms with van der Waals surface area (Å²) in [4.78, 5) is 0. The maximum atomic E-state index is 5.57. The number of rotatable bonds is 6. The Morgan fingerprint density at radius 1 is 1.24 bits per heavy atom. The molecule has 0 aliphatic heterocycles. The molecule has 0 fully saturated rings. The van der Waals surface area contributed by atoms with Gasteiger partial charge >= 0.3 is 0 Å². The Morgan fingerprint density at radius 2 is 2.12 bits per heavy atom. The molecule has 17 heavy (non-hydrogen) atoms. The van der Waals surface area contributed by atoms with E-state index in [1.807, 2.05) is 18.2 Å². The Kier molecular flexibility index (Phi) is 4.04. The zero-order chi connectivity index (χ0) is 12.1. The number of hydrogen-bond acceptors (Lipinski definition) is 3. The molecular formula is C14H19NO2. The number of hydrogen-bond donors (Lipinski definition) is 1. The highest BCUT2D eigenvalue weighted by molar-refractivity contribution is 5.20. The van der Waals surface area contributed by atoms with Gasteiger partial charge in [0.25, 0.3) is 0 Å². The van der Waals surface area contributed by atoms with E-state index in [0.29, 0.717) is 0 Å². The third-order valence-corrected chi connectivity index (χ3v) is 2.84. The molecule has 0 amide bonds. The van der Waals surface area contributed by atoms with Crippen LogP contribution in [-0.4, -0.2) is 6.54 Å². The topological polar surface area (TPSA) is 38.3 Å². The van der Waals surface area contributed by atoms with E-state index >= 15 is 0 Å². The summed E-state index contributed by atoms with van der Waals surface area (Å²) in [6, 6.07) is 6.11. The van der Waals surface area contributed by atoms with Crippen LogP contribution in [0.25, 0.3) is 0 Å². The highest BCUT2D eigenvalue weighted by Gasteiger charge is 2.18. The minimum Gasteiger partial charge on any atom is -0.469 e. The van der Waals surface area contributed by atoms with Crippen LogP contribution in [0.5, 0.6) is 0 Å². The first-order valence-corrected chi connectivity index (χ1v) is 6.11. The summed E-state index contributed by atoms with van der Waals surface area (Å²) in [5.74, 6) is 1.99. The van der Waals surface area contributed by atoms with Crippen LogP contribution in [0.2, 0.25) is 0 Å². The van der Waals surface area contributed by atoms with Crippen molar-refractivity contribution in [2.75, 3.05) is 6.54 Å². The maximum Gasteiger partial charge on any atom is 0.124 e. The zero-order valence-corrected chi connectivity index (χ0v) is 10.4. The molecule has 92 valence electrons. The van der Waals surface area contributed by atoms with Crippen molar-refractivity contribution < 1.29 is 8.83 Å². The standard InChI is InChI=1S/C14H19NO2/c1-3-7-15-13(10-12-5-4-8-16-12)14-11(2)6-9-17-14/h4-6,8-9,13,15H,3,7,10H2,1-2H3. The number of furan rings is 2. The number of nitrogens with one attached hydrogen (secondary N) is 1. The van der Waals surface area contributed by atoms with E-state index in [9.17, 15) is 0 Å². The summed E-state index contributed by atoms with van der Waals surface area (Å²) < 4.78 is 11.0. The van der Waals surface area contributed by atoms with Crippen LogP contribution in [0.15, 0.2) is 39.6 Å². The lowest BCUT2D eigenvalue weighted by Crippen LogP contribution is -2.24. The van der Waals surface area contributed by atoms with Crippen molar-refractivity contribution in [3.63, 3.8) is 0 Å². The second kappa shape index (κ2) is 5.73. The van der Waals surface area contributed by atoms with Crippen molar-refractivity contribution in [3.05, 3.63) is 47.8 Å². The lowest BCUT2D eigenvalue weighted by Gasteiger charge is -2.16. The van der Waals surface area contributed by atoms with E-state index in [1.165, 1.54) is 5.56 Å². The summed E-state index contributed by atoms with van der Waals surface area (Å²) in [5.41, 5.74) is 1.19. The molecular weight excluding hydrogens is 214 g/mol. The van der Waals surface area contributed by atoms with E-state index in [4.69, 9.17) is 8.83 Å². The van der Waals surface area contributed by atoms with Crippen LogP contribution in [0.1, 0.15) is 36.5 Å². The molecule has 1 unspecified atom stereocenters. The monoisotopic (exact) mass is 233 g/mol. The van der Waals surface area contributed by atoms with Gasteiger partial charge in [0.2, 0.25) is 0 Å². The minimum atomic E-state index is 0.191. The average Bonchev–Trinajstić information content (AvgIpc) is 2.95. The van der Waals surface area contributed by atoms with Crippen molar-refractivity contribution in [2.45, 2.75) is 32.7 Å². The van der Waals surface area contributed by atoms with Crippen molar-refractivity contribution in [1.29, 1.82) is 0 Å². The lowest BCUT2D eigenvalue weighted by atomic mass is 10.1. The second-order valence-corrected chi connectivity index (χ2v) is 4.26. The Hall–Kier alpha value is -1.48. The van der Waals surface area contributed by atoms with Gasteiger partial charge in [0.05, 0.1) is 18.6 Å². The Labute approximate surface area is 102 Å². The van der Waals surface area contributed by atoms with E-state index in [2.05, 4.69) is 19.2 Å². The molecule has 0 radical (unpaired) electrons. The van der Waals surface area contributed by atoms with Gasteiger partial charge in [-0.3, -0.25) is 0 Å². The van der Waals surface area contributed by atoms with Crippen molar-refractivity contribution in [2.24, 2.45) is 0 Å². The van der Waals surface area contributed by atoms with E-state index < -0.39 is 0 Å². The maximum absolute atomic E-state index is 5.57. The molecule has 1 atom stereocenters. The zero-order valence-electron chi connectivity index (χ0n) is 10.4. The molecule has 0 bridgehead atoms. The van der Waals surface area contributed by atoms with E-state index in [1.54, 1.807) is 12.5 Å². The van der Waals surface area contributed by atoms with Crippen LogP contribution in [-0.2, 0) is 6.42 Å². The van der Waals surface area contributed by atoms with Crippen LogP contribution in [0.4, 0.5) is 0 Å². The quantitative estimate of drug-likeness (QED) is 0.830. The predicted octanol–water partition coefficient (Wildman–Crippen LogP) is 3.46. The first-order valence-electron chi connectivity index (χ1n) is 6.11. The van der Waals surface area contributed by atoms with Gasteiger partial charge in [-0.2, -0.15) is 0 Å². The molecule has 0 aromatic carbocycles. The van der Waals surface area contributed by atoms with Crippen LogP contribution in [0.3, 0.4) is 0 Å². The summed E-state index contributed by atoms with van der Waals surface area (Å²) in [6.45, 7) is 5.21. The highest BCUT2D eigenvalue weighted by atomic mass is 16.3. The molecule has 0 aliphatic carbocycles. The van der Waals surface area contributed by atoms with Gasteiger partial charge in [-0.15, -0.1) is 0 Å². The SMILES string of the molecule is CCCNC(Cc1ccco1)c1occc1C. The van der Waals surface area contributed by atoms with Gasteiger partial charge in [-0.25, -0.2) is 0 Å². The van der Waals surface area contributed by atoms with Crippen molar-refractivity contribution in [1.82, 2.24) is 5.32 Å². The molecule has 3 nitrogen and oxygen atoms in total. The van der Waals surface area contributed by atoms with Crippen LogP contribution >= 0.6 is 0 Å². The molecule has 2 aromatic rings. The number of aryl methyl sites for hydroxylation is 1. The smallest absolute Gasteiger partial charge is 0.124 e. The molecule has 0 aliphatic rings.